The molecule has 1 atom stereocenters. The molecule has 3 saturated heterocycles. The van der Waals surface area contributed by atoms with Gasteiger partial charge in [-0.15, -0.1) is 0 Å². The van der Waals surface area contributed by atoms with E-state index in [1.165, 1.54) is 37.9 Å². The Morgan fingerprint density at radius 1 is 1.04 bits per heavy atom. The first-order valence-electron chi connectivity index (χ1n) is 9.43. The van der Waals surface area contributed by atoms with Crippen molar-refractivity contribution in [3.05, 3.63) is 29.8 Å². The molecule has 0 N–H and O–H groups in total. The maximum atomic E-state index is 6.21. The molecular weight excluding hydrogens is 302 g/mol. The standard InChI is InChI=1S/C20H27NO3/c1-2-4-18-16(3-1)11-19(15-23-18)13-21(14-19)17-5-8-24-20(12-17)6-9-22-10-7-20/h1-4,17H,5-15H2. The molecule has 0 aliphatic carbocycles. The van der Waals surface area contributed by atoms with Crippen molar-refractivity contribution < 1.29 is 14.2 Å². The third-order valence-electron chi connectivity index (χ3n) is 6.54. The molecule has 0 radical (unpaired) electrons. The van der Waals surface area contributed by atoms with Gasteiger partial charge in [-0.3, -0.25) is 4.90 Å². The molecule has 0 amide bonds. The van der Waals surface area contributed by atoms with E-state index < -0.39 is 0 Å². The second-order valence-corrected chi connectivity index (χ2v) is 8.27. The smallest absolute Gasteiger partial charge is 0.122 e. The number of likely N-dealkylation sites (tertiary alicyclic amines) is 1. The summed E-state index contributed by atoms with van der Waals surface area (Å²) in [6.45, 7) is 5.87. The minimum absolute atomic E-state index is 0.0968. The topological polar surface area (TPSA) is 30.9 Å². The van der Waals surface area contributed by atoms with Gasteiger partial charge in [-0.25, -0.2) is 0 Å². The lowest BCUT2D eigenvalue weighted by molar-refractivity contribution is -0.170. The quantitative estimate of drug-likeness (QED) is 0.793. The zero-order valence-corrected chi connectivity index (χ0v) is 14.3. The van der Waals surface area contributed by atoms with Crippen LogP contribution < -0.4 is 4.74 Å². The van der Waals surface area contributed by atoms with Crippen molar-refractivity contribution in [2.24, 2.45) is 5.41 Å². The monoisotopic (exact) mass is 329 g/mol. The molecule has 4 heteroatoms. The van der Waals surface area contributed by atoms with Gasteiger partial charge in [0.1, 0.15) is 5.75 Å². The number of rotatable bonds is 1. The minimum Gasteiger partial charge on any atom is -0.493 e. The van der Waals surface area contributed by atoms with Crippen molar-refractivity contribution in [2.75, 3.05) is 39.5 Å². The van der Waals surface area contributed by atoms with Gasteiger partial charge in [-0.1, -0.05) is 18.2 Å². The van der Waals surface area contributed by atoms with Gasteiger partial charge < -0.3 is 14.2 Å². The molecule has 0 aromatic heterocycles. The molecule has 4 heterocycles. The summed E-state index contributed by atoms with van der Waals surface area (Å²) in [6.07, 6.45) is 5.67. The molecule has 1 aromatic carbocycles. The van der Waals surface area contributed by atoms with Gasteiger partial charge in [0.15, 0.2) is 0 Å². The zero-order chi connectivity index (χ0) is 16.0. The fourth-order valence-corrected chi connectivity index (χ4v) is 5.16. The predicted molar refractivity (Wildman–Crippen MR) is 91.4 cm³/mol. The molecule has 0 saturated carbocycles. The maximum Gasteiger partial charge on any atom is 0.122 e. The first-order chi connectivity index (χ1) is 11.8. The van der Waals surface area contributed by atoms with Gasteiger partial charge in [0.05, 0.1) is 12.2 Å². The van der Waals surface area contributed by atoms with E-state index in [9.17, 15) is 0 Å². The number of nitrogens with zero attached hydrogens (tertiary/aromatic N) is 1. The van der Waals surface area contributed by atoms with Crippen molar-refractivity contribution in [3.63, 3.8) is 0 Å². The highest BCUT2D eigenvalue weighted by Gasteiger charge is 2.50. The summed E-state index contributed by atoms with van der Waals surface area (Å²) in [6, 6.07) is 9.21. The molecule has 4 aliphatic heterocycles. The second-order valence-electron chi connectivity index (χ2n) is 8.27. The van der Waals surface area contributed by atoms with Crippen LogP contribution in [0.1, 0.15) is 31.2 Å². The van der Waals surface area contributed by atoms with Crippen LogP contribution in [0.3, 0.4) is 0 Å². The van der Waals surface area contributed by atoms with Gasteiger partial charge in [-0.05, 0) is 43.7 Å². The van der Waals surface area contributed by atoms with E-state index >= 15 is 0 Å². The van der Waals surface area contributed by atoms with Gasteiger partial charge in [0.2, 0.25) is 0 Å². The van der Waals surface area contributed by atoms with Crippen molar-refractivity contribution in [1.29, 1.82) is 0 Å². The van der Waals surface area contributed by atoms with Crippen molar-refractivity contribution in [3.8, 4) is 5.75 Å². The molecular formula is C20H27NO3. The van der Waals surface area contributed by atoms with E-state index in [1.54, 1.807) is 0 Å². The van der Waals surface area contributed by atoms with E-state index in [-0.39, 0.29) is 5.60 Å². The molecule has 0 bridgehead atoms. The van der Waals surface area contributed by atoms with Crippen molar-refractivity contribution in [1.82, 2.24) is 4.90 Å². The average Bonchev–Trinajstić information content (AvgIpc) is 2.60. The molecule has 4 aliphatic rings. The van der Waals surface area contributed by atoms with E-state index in [2.05, 4.69) is 29.2 Å². The third-order valence-corrected chi connectivity index (χ3v) is 6.54. The van der Waals surface area contributed by atoms with Gasteiger partial charge in [0, 0.05) is 44.4 Å². The first-order valence-corrected chi connectivity index (χ1v) is 9.43. The normalized spacial score (nSPS) is 31.2. The van der Waals surface area contributed by atoms with E-state index in [0.717, 1.165) is 45.0 Å². The van der Waals surface area contributed by atoms with Gasteiger partial charge in [0.25, 0.3) is 0 Å². The van der Waals surface area contributed by atoms with Crippen LogP contribution in [0.25, 0.3) is 0 Å². The average molecular weight is 329 g/mol. The van der Waals surface area contributed by atoms with Crippen LogP contribution >= 0.6 is 0 Å². The zero-order valence-electron chi connectivity index (χ0n) is 14.3. The Hall–Kier alpha value is -1.10. The molecule has 5 rings (SSSR count). The van der Waals surface area contributed by atoms with Crippen LogP contribution in [0, 0.1) is 5.41 Å². The van der Waals surface area contributed by atoms with Crippen molar-refractivity contribution in [2.45, 2.75) is 43.7 Å². The Morgan fingerprint density at radius 3 is 2.75 bits per heavy atom. The molecule has 4 nitrogen and oxygen atoms in total. The number of hydrogen-bond acceptors (Lipinski definition) is 4. The highest BCUT2D eigenvalue weighted by Crippen LogP contribution is 2.45. The minimum atomic E-state index is 0.0968. The highest BCUT2D eigenvalue weighted by atomic mass is 16.5. The van der Waals surface area contributed by atoms with Crippen molar-refractivity contribution >= 4 is 0 Å². The predicted octanol–water partition coefficient (Wildman–Crippen LogP) is 2.65. The molecule has 2 spiro atoms. The number of ether oxygens (including phenoxy) is 3. The fraction of sp³-hybridized carbons (Fsp3) is 0.700. The first kappa shape index (κ1) is 15.2. The second kappa shape index (κ2) is 5.72. The number of fused-ring (bicyclic) bond motifs is 1. The summed E-state index contributed by atoms with van der Waals surface area (Å²) in [5.74, 6) is 1.09. The lowest BCUT2D eigenvalue weighted by Gasteiger charge is -2.57. The molecule has 1 unspecified atom stereocenters. The summed E-state index contributed by atoms with van der Waals surface area (Å²) >= 11 is 0. The Bertz CT molecular complexity index is 599. The Labute approximate surface area is 144 Å². The summed E-state index contributed by atoms with van der Waals surface area (Å²) < 4.78 is 17.8. The van der Waals surface area contributed by atoms with Crippen LogP contribution in [0.4, 0.5) is 0 Å². The number of para-hydroxylation sites is 1. The van der Waals surface area contributed by atoms with Gasteiger partial charge in [-0.2, -0.15) is 0 Å². The summed E-state index contributed by atoms with van der Waals surface area (Å²) in [5, 5.41) is 0. The van der Waals surface area contributed by atoms with Crippen LogP contribution in [-0.4, -0.2) is 56.1 Å². The van der Waals surface area contributed by atoms with Crippen LogP contribution in [0.5, 0.6) is 5.75 Å². The van der Waals surface area contributed by atoms with Crippen LogP contribution in [0.2, 0.25) is 0 Å². The Morgan fingerprint density at radius 2 is 1.88 bits per heavy atom. The van der Waals surface area contributed by atoms with Gasteiger partial charge >= 0.3 is 0 Å². The lowest BCUT2D eigenvalue weighted by atomic mass is 9.72. The fourth-order valence-electron chi connectivity index (χ4n) is 5.16. The lowest BCUT2D eigenvalue weighted by Crippen LogP contribution is -2.66. The number of hydrogen-bond donors (Lipinski definition) is 0. The SMILES string of the molecule is c1ccc2c(c1)CC1(CO2)CN(C2CCOC3(CCOCC3)C2)C1. The van der Waals surface area contributed by atoms with E-state index in [4.69, 9.17) is 14.2 Å². The summed E-state index contributed by atoms with van der Waals surface area (Å²) in [4.78, 5) is 2.69. The molecule has 3 fully saturated rings. The number of benzene rings is 1. The van der Waals surface area contributed by atoms with E-state index in [1.807, 2.05) is 0 Å². The largest absolute Gasteiger partial charge is 0.493 e. The van der Waals surface area contributed by atoms with E-state index in [0.29, 0.717) is 11.5 Å². The van der Waals surface area contributed by atoms with Crippen LogP contribution in [0.15, 0.2) is 24.3 Å². The van der Waals surface area contributed by atoms with Crippen LogP contribution in [-0.2, 0) is 15.9 Å². The Balaban J connectivity index is 1.24. The summed E-state index contributed by atoms with van der Waals surface area (Å²) in [7, 11) is 0. The molecule has 1 aromatic rings. The molecule has 24 heavy (non-hydrogen) atoms. The summed E-state index contributed by atoms with van der Waals surface area (Å²) in [5.41, 5.74) is 1.83. The maximum absolute atomic E-state index is 6.21. The highest BCUT2D eigenvalue weighted by molar-refractivity contribution is 5.37. The Kier molecular flexibility index (Phi) is 3.62. The third kappa shape index (κ3) is 2.56. The molecule has 130 valence electrons.